The van der Waals surface area contributed by atoms with Crippen molar-refractivity contribution < 1.29 is 14.7 Å². The first-order valence-electron chi connectivity index (χ1n) is 9.67. The molecule has 0 aliphatic rings. The summed E-state index contributed by atoms with van der Waals surface area (Å²) in [5, 5.41) is 12.9. The van der Waals surface area contributed by atoms with Gasteiger partial charge in [-0.2, -0.15) is 0 Å². The summed E-state index contributed by atoms with van der Waals surface area (Å²) in [4.78, 5) is 23.9. The van der Waals surface area contributed by atoms with Crippen LogP contribution in [0.4, 0.5) is 5.69 Å². The van der Waals surface area contributed by atoms with Crippen molar-refractivity contribution in [3.63, 3.8) is 0 Å². The Labute approximate surface area is 170 Å². The number of nitrogens with zero attached hydrogens (tertiary/aromatic N) is 1. The maximum Gasteiger partial charge on any atom is 0.307 e. The van der Waals surface area contributed by atoms with E-state index in [1.807, 2.05) is 11.5 Å². The van der Waals surface area contributed by atoms with Crippen molar-refractivity contribution in [2.45, 2.75) is 39.7 Å². The van der Waals surface area contributed by atoms with Gasteiger partial charge in [-0.3, -0.25) is 9.59 Å². The van der Waals surface area contributed by atoms with Gasteiger partial charge in [0.1, 0.15) is 5.69 Å². The molecule has 0 fully saturated rings. The summed E-state index contributed by atoms with van der Waals surface area (Å²) in [7, 11) is 0. The number of carbonyl (C=O) groups excluding carboxylic acids is 1. The van der Waals surface area contributed by atoms with Crippen LogP contribution in [0.15, 0.2) is 55.1 Å². The number of hydrogen-bond acceptors (Lipinski definition) is 2. The molecule has 2 N–H and O–H groups in total. The van der Waals surface area contributed by atoms with Crippen LogP contribution in [-0.4, -0.2) is 21.6 Å². The minimum Gasteiger partial charge on any atom is -0.481 e. The number of carboxylic acids is 1. The van der Waals surface area contributed by atoms with Gasteiger partial charge in [0.2, 0.25) is 0 Å². The second-order valence-corrected chi connectivity index (χ2v) is 7.53. The maximum atomic E-state index is 13.1. The summed E-state index contributed by atoms with van der Waals surface area (Å²) in [6.07, 6.45) is 1.74. The molecule has 0 saturated heterocycles. The molecular formula is C24H26N2O3. The molecular weight excluding hydrogens is 364 g/mol. The lowest BCUT2D eigenvalue weighted by Crippen LogP contribution is -2.18. The minimum atomic E-state index is -0.882. The van der Waals surface area contributed by atoms with E-state index in [4.69, 9.17) is 5.11 Å². The topological polar surface area (TPSA) is 71.3 Å². The Morgan fingerprint density at radius 3 is 2.45 bits per heavy atom. The largest absolute Gasteiger partial charge is 0.481 e. The Morgan fingerprint density at radius 2 is 1.86 bits per heavy atom. The predicted octanol–water partition coefficient (Wildman–Crippen LogP) is 5.14. The van der Waals surface area contributed by atoms with Crippen molar-refractivity contribution in [1.82, 2.24) is 4.57 Å². The van der Waals surface area contributed by atoms with E-state index < -0.39 is 5.97 Å². The lowest BCUT2D eigenvalue weighted by atomic mass is 10.0. The summed E-state index contributed by atoms with van der Waals surface area (Å²) in [6, 6.07) is 13.2. The average molecular weight is 390 g/mol. The van der Waals surface area contributed by atoms with Crippen LogP contribution in [0.25, 0.3) is 10.9 Å². The van der Waals surface area contributed by atoms with Gasteiger partial charge in [0, 0.05) is 23.1 Å². The van der Waals surface area contributed by atoms with E-state index in [1.54, 1.807) is 30.3 Å². The normalized spacial score (nSPS) is 11.0. The van der Waals surface area contributed by atoms with Gasteiger partial charge in [-0.25, -0.2) is 0 Å². The van der Waals surface area contributed by atoms with Crippen LogP contribution in [-0.2, 0) is 17.8 Å². The molecule has 1 aromatic heterocycles. The Hall–Kier alpha value is -3.34. The average Bonchev–Trinajstić information content (AvgIpc) is 2.95. The second-order valence-electron chi connectivity index (χ2n) is 7.53. The zero-order valence-corrected chi connectivity index (χ0v) is 17.0. The van der Waals surface area contributed by atoms with E-state index in [9.17, 15) is 9.59 Å². The van der Waals surface area contributed by atoms with Gasteiger partial charge in [0.05, 0.1) is 6.42 Å². The van der Waals surface area contributed by atoms with Crippen molar-refractivity contribution in [2.24, 2.45) is 0 Å². The Kier molecular flexibility index (Phi) is 5.87. The highest BCUT2D eigenvalue weighted by Crippen LogP contribution is 2.29. The number of benzene rings is 2. The summed E-state index contributed by atoms with van der Waals surface area (Å²) >= 11 is 0. The van der Waals surface area contributed by atoms with Crippen molar-refractivity contribution in [2.75, 3.05) is 5.32 Å². The highest BCUT2D eigenvalue weighted by molar-refractivity contribution is 6.08. The summed E-state index contributed by atoms with van der Waals surface area (Å²) in [6.45, 7) is 10.6. The first kappa shape index (κ1) is 20.4. The smallest absolute Gasteiger partial charge is 0.307 e. The first-order chi connectivity index (χ1) is 13.8. The maximum absolute atomic E-state index is 13.1. The van der Waals surface area contributed by atoms with Crippen molar-refractivity contribution in [3.8, 4) is 0 Å². The molecule has 0 aliphatic carbocycles. The molecule has 0 spiro atoms. The van der Waals surface area contributed by atoms with Crippen LogP contribution in [0.3, 0.4) is 0 Å². The van der Waals surface area contributed by atoms with Crippen LogP contribution < -0.4 is 5.32 Å². The molecule has 5 heteroatoms. The van der Waals surface area contributed by atoms with E-state index >= 15 is 0 Å². The second kappa shape index (κ2) is 8.35. The summed E-state index contributed by atoms with van der Waals surface area (Å²) in [5.74, 6) is -0.673. The quantitative estimate of drug-likeness (QED) is 0.549. The third-order valence-corrected chi connectivity index (χ3v) is 5.10. The molecule has 3 aromatic rings. The standard InChI is InChI=1S/C24H26N2O3/c1-5-12-26-21-11-8-18(15(2)3)14-20(21)16(4)23(26)24(29)25-19-9-6-17(7-10-19)13-22(27)28/h5-11,14-15H,1,12-13H2,2-4H3,(H,25,29)(H,27,28). The number of aliphatic carboxylic acids is 1. The van der Waals surface area contributed by atoms with Crippen LogP contribution >= 0.6 is 0 Å². The van der Waals surface area contributed by atoms with E-state index in [0.29, 0.717) is 29.4 Å². The Bertz CT molecular complexity index is 1080. The molecule has 0 bridgehead atoms. The molecule has 0 radical (unpaired) electrons. The molecule has 2 aromatic carbocycles. The van der Waals surface area contributed by atoms with E-state index in [2.05, 4.69) is 43.9 Å². The number of carbonyl (C=O) groups is 2. The van der Waals surface area contributed by atoms with Gasteiger partial charge >= 0.3 is 5.97 Å². The van der Waals surface area contributed by atoms with Crippen molar-refractivity contribution in [1.29, 1.82) is 0 Å². The fraction of sp³-hybridized carbons (Fsp3) is 0.250. The fourth-order valence-electron chi connectivity index (χ4n) is 3.58. The van der Waals surface area contributed by atoms with Crippen molar-refractivity contribution in [3.05, 3.63) is 77.5 Å². The zero-order valence-electron chi connectivity index (χ0n) is 17.0. The number of aromatic nitrogens is 1. The van der Waals surface area contributed by atoms with E-state index in [1.165, 1.54) is 5.56 Å². The number of hydrogen-bond donors (Lipinski definition) is 2. The number of anilines is 1. The molecule has 0 atom stereocenters. The number of aryl methyl sites for hydroxylation is 1. The number of carboxylic acid groups (broad SMARTS) is 1. The number of fused-ring (bicyclic) bond motifs is 1. The highest BCUT2D eigenvalue weighted by atomic mass is 16.4. The number of nitrogens with one attached hydrogen (secondary N) is 1. The van der Waals surface area contributed by atoms with Crippen LogP contribution in [0.2, 0.25) is 0 Å². The third kappa shape index (κ3) is 4.24. The van der Waals surface area contributed by atoms with E-state index in [0.717, 1.165) is 16.5 Å². The molecule has 29 heavy (non-hydrogen) atoms. The highest BCUT2D eigenvalue weighted by Gasteiger charge is 2.20. The van der Waals surface area contributed by atoms with Gasteiger partial charge < -0.3 is 15.0 Å². The summed E-state index contributed by atoms with van der Waals surface area (Å²) in [5.41, 5.74) is 5.10. The number of amides is 1. The lowest BCUT2D eigenvalue weighted by molar-refractivity contribution is -0.136. The molecule has 5 nitrogen and oxygen atoms in total. The molecule has 1 heterocycles. The minimum absolute atomic E-state index is 0.0426. The number of rotatable bonds is 7. The SMILES string of the molecule is C=CCn1c(C(=O)Nc2ccc(CC(=O)O)cc2)c(C)c2cc(C(C)C)ccc21. The molecule has 0 unspecified atom stereocenters. The Balaban J connectivity index is 1.97. The molecule has 0 saturated carbocycles. The van der Waals surface area contributed by atoms with Crippen LogP contribution in [0.5, 0.6) is 0 Å². The van der Waals surface area contributed by atoms with Crippen LogP contribution in [0.1, 0.15) is 46.9 Å². The van der Waals surface area contributed by atoms with Gasteiger partial charge in [-0.1, -0.05) is 38.1 Å². The van der Waals surface area contributed by atoms with Gasteiger partial charge in [-0.05, 0) is 53.8 Å². The Morgan fingerprint density at radius 1 is 1.17 bits per heavy atom. The van der Waals surface area contributed by atoms with Gasteiger partial charge in [0.25, 0.3) is 5.91 Å². The first-order valence-corrected chi connectivity index (χ1v) is 9.67. The third-order valence-electron chi connectivity index (χ3n) is 5.10. The van der Waals surface area contributed by atoms with Gasteiger partial charge in [-0.15, -0.1) is 6.58 Å². The van der Waals surface area contributed by atoms with Crippen molar-refractivity contribution >= 4 is 28.5 Å². The predicted molar refractivity (Wildman–Crippen MR) is 117 cm³/mol. The summed E-state index contributed by atoms with van der Waals surface area (Å²) < 4.78 is 1.98. The van der Waals surface area contributed by atoms with Gasteiger partial charge in [0.15, 0.2) is 0 Å². The zero-order chi connectivity index (χ0) is 21.1. The lowest BCUT2D eigenvalue weighted by Gasteiger charge is -2.11. The fourth-order valence-corrected chi connectivity index (χ4v) is 3.58. The molecule has 0 aliphatic heterocycles. The monoisotopic (exact) mass is 390 g/mol. The van der Waals surface area contributed by atoms with Crippen LogP contribution in [0, 0.1) is 6.92 Å². The number of allylic oxidation sites excluding steroid dienone is 1. The molecule has 1 amide bonds. The molecule has 3 rings (SSSR count). The van der Waals surface area contributed by atoms with E-state index in [-0.39, 0.29) is 12.3 Å². The molecule has 150 valence electrons.